The molecule has 1 aromatic carbocycles. The molecule has 0 radical (unpaired) electrons. The Kier molecular flexibility index (Phi) is 4.12. The third kappa shape index (κ3) is 3.19. The normalized spacial score (nSPS) is 22.3. The van der Waals surface area contributed by atoms with Gasteiger partial charge >= 0.3 is 0 Å². The lowest BCUT2D eigenvalue weighted by Gasteiger charge is -2.27. The summed E-state index contributed by atoms with van der Waals surface area (Å²) in [5.41, 5.74) is 6.46. The van der Waals surface area contributed by atoms with E-state index in [1.165, 1.54) is 11.3 Å². The lowest BCUT2D eigenvalue weighted by molar-refractivity contribution is 0.0664. The zero-order valence-corrected chi connectivity index (χ0v) is 12.7. The molecule has 1 heterocycles. The molecular formula is C16H20N2O2S. The molecule has 0 spiro atoms. The number of fused-ring (bicyclic) bond motifs is 1. The maximum Gasteiger partial charge on any atom is 0.261 e. The molecule has 1 saturated carbocycles. The van der Waals surface area contributed by atoms with Crippen molar-refractivity contribution in [3.63, 3.8) is 0 Å². The van der Waals surface area contributed by atoms with E-state index < -0.39 is 0 Å². The van der Waals surface area contributed by atoms with Crippen LogP contribution < -0.4 is 11.1 Å². The Labute approximate surface area is 128 Å². The Morgan fingerprint density at radius 2 is 2.14 bits per heavy atom. The molecule has 1 aliphatic carbocycles. The van der Waals surface area contributed by atoms with Crippen molar-refractivity contribution in [3.8, 4) is 0 Å². The second-order valence-corrected chi connectivity index (χ2v) is 6.81. The summed E-state index contributed by atoms with van der Waals surface area (Å²) in [5.74, 6) is 0.125. The summed E-state index contributed by atoms with van der Waals surface area (Å²) in [5, 5.41) is 13.9. The number of hydrogen-bond donors (Lipinski definition) is 3. The van der Waals surface area contributed by atoms with Gasteiger partial charge in [0, 0.05) is 22.8 Å². The van der Waals surface area contributed by atoms with Crippen LogP contribution in [0.5, 0.6) is 0 Å². The zero-order chi connectivity index (χ0) is 14.8. The maximum atomic E-state index is 12.2. The molecule has 0 aliphatic heterocycles. The smallest absolute Gasteiger partial charge is 0.261 e. The van der Waals surface area contributed by atoms with E-state index in [9.17, 15) is 9.90 Å². The summed E-state index contributed by atoms with van der Waals surface area (Å²) >= 11 is 1.47. The van der Waals surface area contributed by atoms with E-state index in [0.29, 0.717) is 17.1 Å². The summed E-state index contributed by atoms with van der Waals surface area (Å²) in [4.78, 5) is 12.9. The van der Waals surface area contributed by atoms with E-state index in [1.54, 1.807) is 0 Å². The van der Waals surface area contributed by atoms with Crippen molar-refractivity contribution in [3.05, 3.63) is 29.1 Å². The number of anilines is 1. The summed E-state index contributed by atoms with van der Waals surface area (Å²) in [7, 11) is 0. The van der Waals surface area contributed by atoms with Crippen molar-refractivity contribution in [2.24, 2.45) is 5.92 Å². The maximum absolute atomic E-state index is 12.2. The van der Waals surface area contributed by atoms with Crippen LogP contribution in [0.1, 0.15) is 35.4 Å². The van der Waals surface area contributed by atoms with Crippen LogP contribution in [-0.2, 0) is 0 Å². The summed E-state index contributed by atoms with van der Waals surface area (Å²) in [6.07, 6.45) is 3.79. The van der Waals surface area contributed by atoms with Gasteiger partial charge in [-0.05, 0) is 42.5 Å². The van der Waals surface area contributed by atoms with Gasteiger partial charge in [0.1, 0.15) is 0 Å². The van der Waals surface area contributed by atoms with Crippen LogP contribution in [0.25, 0.3) is 10.1 Å². The molecule has 1 fully saturated rings. The summed E-state index contributed by atoms with van der Waals surface area (Å²) < 4.78 is 1.06. The van der Waals surface area contributed by atoms with Crippen LogP contribution in [0.4, 0.5) is 5.69 Å². The first-order chi connectivity index (χ1) is 10.1. The molecule has 3 rings (SSSR count). The first-order valence-corrected chi connectivity index (χ1v) is 8.20. The minimum absolute atomic E-state index is 0.0625. The predicted molar refractivity (Wildman–Crippen MR) is 86.5 cm³/mol. The number of nitrogens with two attached hydrogens (primary N) is 1. The Bertz CT molecular complexity index is 653. The van der Waals surface area contributed by atoms with Crippen molar-refractivity contribution in [1.82, 2.24) is 5.32 Å². The number of rotatable bonds is 3. The van der Waals surface area contributed by atoms with Gasteiger partial charge in [0.15, 0.2) is 0 Å². The molecule has 2 aromatic rings. The Hall–Kier alpha value is -1.59. The Morgan fingerprint density at radius 3 is 2.95 bits per heavy atom. The number of aliphatic hydroxyl groups excluding tert-OH is 1. The van der Waals surface area contributed by atoms with E-state index in [0.717, 1.165) is 35.8 Å². The van der Waals surface area contributed by atoms with Gasteiger partial charge in [-0.3, -0.25) is 4.79 Å². The van der Waals surface area contributed by atoms with Gasteiger partial charge < -0.3 is 16.2 Å². The molecule has 0 bridgehead atoms. The van der Waals surface area contributed by atoms with Gasteiger partial charge in [0.25, 0.3) is 5.91 Å². The highest BCUT2D eigenvalue weighted by Crippen LogP contribution is 2.28. The lowest BCUT2D eigenvalue weighted by atomic mass is 9.86. The number of aliphatic hydroxyl groups is 1. The molecule has 4 nitrogen and oxygen atoms in total. The number of thiophene rings is 1. The highest BCUT2D eigenvalue weighted by Gasteiger charge is 2.23. The number of carbonyl (C=O) groups is 1. The average Bonchev–Trinajstić information content (AvgIpc) is 2.89. The van der Waals surface area contributed by atoms with Gasteiger partial charge in [-0.1, -0.05) is 12.8 Å². The Morgan fingerprint density at radius 1 is 1.33 bits per heavy atom. The fourth-order valence-corrected chi connectivity index (χ4v) is 3.87. The van der Waals surface area contributed by atoms with E-state index >= 15 is 0 Å². The monoisotopic (exact) mass is 304 g/mol. The quantitative estimate of drug-likeness (QED) is 0.763. The van der Waals surface area contributed by atoms with E-state index in [2.05, 4.69) is 5.32 Å². The molecule has 1 amide bonds. The van der Waals surface area contributed by atoms with Gasteiger partial charge in [0.2, 0.25) is 0 Å². The Balaban J connectivity index is 1.66. The van der Waals surface area contributed by atoms with Crippen molar-refractivity contribution < 1.29 is 9.90 Å². The molecule has 0 saturated heterocycles. The number of amides is 1. The van der Waals surface area contributed by atoms with Gasteiger partial charge in [-0.15, -0.1) is 11.3 Å². The molecule has 1 aromatic heterocycles. The van der Waals surface area contributed by atoms with E-state index in [4.69, 9.17) is 5.73 Å². The number of carbonyl (C=O) groups excluding carboxylic acids is 1. The van der Waals surface area contributed by atoms with Gasteiger partial charge in [0.05, 0.1) is 11.0 Å². The third-order valence-corrected chi connectivity index (χ3v) is 5.27. The van der Waals surface area contributed by atoms with E-state index in [1.807, 2.05) is 24.3 Å². The zero-order valence-electron chi connectivity index (χ0n) is 11.8. The second-order valence-electron chi connectivity index (χ2n) is 5.73. The topological polar surface area (TPSA) is 75.4 Å². The molecule has 112 valence electrons. The van der Waals surface area contributed by atoms with E-state index in [-0.39, 0.29) is 17.9 Å². The lowest BCUT2D eigenvalue weighted by Crippen LogP contribution is -2.36. The molecule has 4 N–H and O–H groups in total. The van der Waals surface area contributed by atoms with Crippen LogP contribution >= 0.6 is 11.3 Å². The highest BCUT2D eigenvalue weighted by molar-refractivity contribution is 7.20. The molecule has 2 unspecified atom stereocenters. The number of nitrogen functional groups attached to an aromatic ring is 1. The first-order valence-electron chi connectivity index (χ1n) is 7.39. The number of nitrogens with one attached hydrogen (secondary N) is 1. The van der Waals surface area contributed by atoms with Crippen LogP contribution in [-0.4, -0.2) is 23.7 Å². The molecule has 21 heavy (non-hydrogen) atoms. The van der Waals surface area contributed by atoms with Crippen molar-refractivity contribution in [2.45, 2.75) is 31.8 Å². The average molecular weight is 304 g/mol. The van der Waals surface area contributed by atoms with Crippen LogP contribution in [0.2, 0.25) is 0 Å². The number of benzene rings is 1. The van der Waals surface area contributed by atoms with Crippen molar-refractivity contribution >= 4 is 33.0 Å². The molecule has 5 heteroatoms. The first kappa shape index (κ1) is 14.4. The van der Waals surface area contributed by atoms with Crippen LogP contribution in [0.3, 0.4) is 0 Å². The van der Waals surface area contributed by atoms with Crippen molar-refractivity contribution in [2.75, 3.05) is 12.3 Å². The molecular weight excluding hydrogens is 284 g/mol. The molecule has 2 atom stereocenters. The second kappa shape index (κ2) is 6.03. The fraction of sp³-hybridized carbons (Fsp3) is 0.438. The van der Waals surface area contributed by atoms with Gasteiger partial charge in [-0.25, -0.2) is 0 Å². The third-order valence-electron chi connectivity index (χ3n) is 4.16. The SMILES string of the molecule is Nc1ccc2sc(C(=O)NCC3CCCCC3O)cc2c1. The minimum Gasteiger partial charge on any atom is -0.399 e. The minimum atomic E-state index is -0.277. The van der Waals surface area contributed by atoms with Crippen LogP contribution in [0, 0.1) is 5.92 Å². The van der Waals surface area contributed by atoms with Crippen molar-refractivity contribution in [1.29, 1.82) is 0 Å². The summed E-state index contributed by atoms with van der Waals surface area (Å²) in [6, 6.07) is 7.55. The largest absolute Gasteiger partial charge is 0.399 e. The highest BCUT2D eigenvalue weighted by atomic mass is 32.1. The summed E-state index contributed by atoms with van der Waals surface area (Å²) in [6.45, 7) is 0.552. The number of hydrogen-bond acceptors (Lipinski definition) is 4. The predicted octanol–water partition coefficient (Wildman–Crippen LogP) is 2.76. The van der Waals surface area contributed by atoms with Crippen LogP contribution in [0.15, 0.2) is 24.3 Å². The molecule has 1 aliphatic rings. The van der Waals surface area contributed by atoms with Gasteiger partial charge in [-0.2, -0.15) is 0 Å². The standard InChI is InChI=1S/C16H20N2O2S/c17-12-5-6-14-11(7-12)8-15(21-14)16(20)18-9-10-3-1-2-4-13(10)19/h5-8,10,13,19H,1-4,9,17H2,(H,18,20). The fourth-order valence-electron chi connectivity index (χ4n) is 2.91.